The highest BCUT2D eigenvalue weighted by Gasteiger charge is 2.24. The first-order valence-electron chi connectivity index (χ1n) is 14.3. The molecule has 38 heavy (non-hydrogen) atoms. The predicted octanol–water partition coefficient (Wildman–Crippen LogP) is 3.32. The van der Waals surface area contributed by atoms with E-state index in [2.05, 4.69) is 50.3 Å². The summed E-state index contributed by atoms with van der Waals surface area (Å²) < 4.78 is 5.49. The monoisotopic (exact) mass is 521 g/mol. The largest absolute Gasteiger partial charge is 0.378 e. The normalized spacial score (nSPS) is 22.8. The van der Waals surface area contributed by atoms with Gasteiger partial charge in [-0.1, -0.05) is 6.07 Å². The second-order valence-electron chi connectivity index (χ2n) is 11.1. The van der Waals surface area contributed by atoms with Gasteiger partial charge in [-0.25, -0.2) is 14.8 Å². The highest BCUT2D eigenvalue weighted by molar-refractivity contribution is 5.73. The molecule has 1 saturated carbocycles. The molecule has 0 unspecified atom stereocenters. The number of amides is 2. The minimum Gasteiger partial charge on any atom is -0.378 e. The molecule has 2 saturated heterocycles. The molecule has 9 nitrogen and oxygen atoms in total. The summed E-state index contributed by atoms with van der Waals surface area (Å²) >= 11 is 0. The van der Waals surface area contributed by atoms with Crippen molar-refractivity contribution in [2.75, 3.05) is 82.9 Å². The lowest BCUT2D eigenvalue weighted by Crippen LogP contribution is -2.47. The van der Waals surface area contributed by atoms with E-state index in [-0.39, 0.29) is 6.03 Å². The Morgan fingerprint density at radius 2 is 1.71 bits per heavy atom. The van der Waals surface area contributed by atoms with Crippen molar-refractivity contribution in [3.63, 3.8) is 0 Å². The number of rotatable bonds is 7. The van der Waals surface area contributed by atoms with Crippen LogP contribution in [0.15, 0.2) is 36.5 Å². The summed E-state index contributed by atoms with van der Waals surface area (Å²) in [7, 11) is 3.60. The van der Waals surface area contributed by atoms with Crippen LogP contribution < -0.4 is 15.1 Å². The molecule has 2 amide bonds. The predicted molar refractivity (Wildman–Crippen MR) is 152 cm³/mol. The first-order chi connectivity index (χ1) is 18.5. The zero-order valence-corrected chi connectivity index (χ0v) is 23.0. The van der Waals surface area contributed by atoms with Crippen LogP contribution in [-0.4, -0.2) is 105 Å². The van der Waals surface area contributed by atoms with Crippen LogP contribution in [0.2, 0.25) is 0 Å². The van der Waals surface area contributed by atoms with Crippen LogP contribution in [0.25, 0.3) is 11.3 Å². The number of ether oxygens (including phenoxy) is 1. The lowest BCUT2D eigenvalue weighted by Gasteiger charge is -2.37. The molecule has 3 fully saturated rings. The Labute approximate surface area is 227 Å². The van der Waals surface area contributed by atoms with Crippen LogP contribution >= 0.6 is 0 Å². The lowest BCUT2D eigenvalue weighted by atomic mass is 9.84. The van der Waals surface area contributed by atoms with Crippen molar-refractivity contribution in [3.05, 3.63) is 36.5 Å². The summed E-state index contributed by atoms with van der Waals surface area (Å²) in [5, 5.41) is 3.15. The summed E-state index contributed by atoms with van der Waals surface area (Å²) in [6, 6.07) is 10.9. The van der Waals surface area contributed by atoms with Gasteiger partial charge in [0.2, 0.25) is 0 Å². The Morgan fingerprint density at radius 3 is 2.45 bits per heavy atom. The number of morpholine rings is 1. The number of carbonyl (C=O) groups is 1. The second-order valence-corrected chi connectivity index (χ2v) is 11.1. The first-order valence-corrected chi connectivity index (χ1v) is 14.3. The third kappa shape index (κ3) is 6.94. The molecule has 2 aliphatic heterocycles. The standard InChI is InChI=1S/C29H43N7O2/c1-33(2)29(37)31-25-8-6-23(7-9-25)11-13-34-14-16-35(17-15-34)28-22-24(10-12-30-28)26-4-3-5-27(32-26)36-18-20-38-21-19-36/h3-5,10,12,22-23,25H,6-9,11,13-21H2,1-2H3,(H,31,37). The minimum absolute atomic E-state index is 0.0316. The number of urea groups is 1. The van der Waals surface area contributed by atoms with E-state index >= 15 is 0 Å². The van der Waals surface area contributed by atoms with Gasteiger partial charge >= 0.3 is 6.03 Å². The van der Waals surface area contributed by atoms with E-state index < -0.39 is 0 Å². The number of piperazine rings is 1. The average molecular weight is 522 g/mol. The SMILES string of the molecule is CN(C)C(=O)NC1CCC(CCN2CCN(c3cc(-c4cccc(N5CCOCC5)n4)ccn3)CC2)CC1. The first kappa shape index (κ1) is 26.7. The van der Waals surface area contributed by atoms with Gasteiger partial charge in [0, 0.05) is 71.2 Å². The van der Waals surface area contributed by atoms with Gasteiger partial charge in [0.25, 0.3) is 0 Å². The van der Waals surface area contributed by atoms with E-state index in [0.29, 0.717) is 6.04 Å². The molecule has 5 rings (SSSR count). The molecule has 0 atom stereocenters. The third-order valence-electron chi connectivity index (χ3n) is 8.24. The molecular weight excluding hydrogens is 478 g/mol. The second kappa shape index (κ2) is 12.8. The van der Waals surface area contributed by atoms with Crippen LogP contribution in [0.4, 0.5) is 16.4 Å². The number of nitrogens with one attached hydrogen (secondary N) is 1. The van der Waals surface area contributed by atoms with Gasteiger partial charge in [-0.2, -0.15) is 0 Å². The quantitative estimate of drug-likeness (QED) is 0.599. The zero-order valence-electron chi connectivity index (χ0n) is 23.0. The fourth-order valence-electron chi connectivity index (χ4n) is 5.77. The summed E-state index contributed by atoms with van der Waals surface area (Å²) in [6.45, 7) is 8.61. The summed E-state index contributed by atoms with van der Waals surface area (Å²) in [5.74, 6) is 2.84. The van der Waals surface area contributed by atoms with Crippen LogP contribution in [0.1, 0.15) is 32.1 Å². The summed E-state index contributed by atoms with van der Waals surface area (Å²) in [4.78, 5) is 30.5. The molecule has 2 aromatic heterocycles. The van der Waals surface area contributed by atoms with E-state index in [1.807, 2.05) is 6.20 Å². The Morgan fingerprint density at radius 1 is 0.974 bits per heavy atom. The Hall–Kier alpha value is -2.91. The van der Waals surface area contributed by atoms with Gasteiger partial charge in [-0.3, -0.25) is 4.90 Å². The summed E-state index contributed by atoms with van der Waals surface area (Å²) in [5.41, 5.74) is 2.11. The Kier molecular flexibility index (Phi) is 8.96. The number of nitrogens with zero attached hydrogens (tertiary/aromatic N) is 6. The maximum atomic E-state index is 11.9. The van der Waals surface area contributed by atoms with E-state index in [0.717, 1.165) is 94.1 Å². The number of pyridine rings is 2. The molecule has 206 valence electrons. The smallest absolute Gasteiger partial charge is 0.317 e. The molecule has 4 heterocycles. The molecule has 1 N–H and O–H groups in total. The van der Waals surface area contributed by atoms with Gasteiger partial charge in [-0.15, -0.1) is 0 Å². The minimum atomic E-state index is 0.0316. The molecule has 2 aromatic rings. The van der Waals surface area contributed by atoms with Crippen molar-refractivity contribution >= 4 is 17.7 Å². The van der Waals surface area contributed by atoms with E-state index in [1.54, 1.807) is 19.0 Å². The molecule has 9 heteroatoms. The lowest BCUT2D eigenvalue weighted by molar-refractivity contribution is 0.122. The number of hydrogen-bond acceptors (Lipinski definition) is 7. The van der Waals surface area contributed by atoms with E-state index in [1.165, 1.54) is 25.8 Å². The van der Waals surface area contributed by atoms with Crippen LogP contribution in [0.3, 0.4) is 0 Å². The average Bonchev–Trinajstić information content (AvgIpc) is 2.97. The molecule has 0 bridgehead atoms. The van der Waals surface area contributed by atoms with Gasteiger partial charge in [0.15, 0.2) is 0 Å². The summed E-state index contributed by atoms with van der Waals surface area (Å²) in [6.07, 6.45) is 7.81. The van der Waals surface area contributed by atoms with Gasteiger partial charge in [-0.05, 0) is 68.8 Å². The van der Waals surface area contributed by atoms with Crippen molar-refractivity contribution in [2.24, 2.45) is 5.92 Å². The molecule has 0 radical (unpaired) electrons. The van der Waals surface area contributed by atoms with E-state index in [9.17, 15) is 4.79 Å². The van der Waals surface area contributed by atoms with Crippen molar-refractivity contribution in [3.8, 4) is 11.3 Å². The Bertz CT molecular complexity index is 1040. The fourth-order valence-corrected chi connectivity index (χ4v) is 5.77. The Balaban J connectivity index is 1.08. The number of hydrogen-bond donors (Lipinski definition) is 1. The number of anilines is 2. The third-order valence-corrected chi connectivity index (χ3v) is 8.24. The van der Waals surface area contributed by atoms with Gasteiger partial charge < -0.3 is 24.8 Å². The maximum absolute atomic E-state index is 11.9. The van der Waals surface area contributed by atoms with Crippen LogP contribution in [0, 0.1) is 5.92 Å². The number of aromatic nitrogens is 2. The molecule has 0 aromatic carbocycles. The highest BCUT2D eigenvalue weighted by Crippen LogP contribution is 2.28. The maximum Gasteiger partial charge on any atom is 0.317 e. The molecule has 1 aliphatic carbocycles. The molecule has 0 spiro atoms. The molecule has 3 aliphatic rings. The zero-order chi connectivity index (χ0) is 26.3. The van der Waals surface area contributed by atoms with Crippen molar-refractivity contribution in [2.45, 2.75) is 38.1 Å². The van der Waals surface area contributed by atoms with Crippen molar-refractivity contribution in [1.29, 1.82) is 0 Å². The van der Waals surface area contributed by atoms with Gasteiger partial charge in [0.1, 0.15) is 11.6 Å². The molecular formula is C29H43N7O2. The topological polar surface area (TPSA) is 77.1 Å². The fraction of sp³-hybridized carbons (Fsp3) is 0.621. The van der Waals surface area contributed by atoms with Gasteiger partial charge in [0.05, 0.1) is 18.9 Å². The van der Waals surface area contributed by atoms with E-state index in [4.69, 9.17) is 14.7 Å². The van der Waals surface area contributed by atoms with Crippen LogP contribution in [-0.2, 0) is 4.74 Å². The van der Waals surface area contributed by atoms with Crippen molar-refractivity contribution in [1.82, 2.24) is 25.1 Å². The van der Waals surface area contributed by atoms with Crippen LogP contribution in [0.5, 0.6) is 0 Å². The number of carbonyl (C=O) groups excluding carboxylic acids is 1. The van der Waals surface area contributed by atoms with Crippen molar-refractivity contribution < 1.29 is 9.53 Å². The highest BCUT2D eigenvalue weighted by atomic mass is 16.5.